The largest absolute Gasteiger partial charge is 0.422 e. The van der Waals surface area contributed by atoms with Crippen molar-refractivity contribution in [3.8, 4) is 11.3 Å². The van der Waals surface area contributed by atoms with E-state index in [0.29, 0.717) is 11.0 Å². The van der Waals surface area contributed by atoms with Crippen LogP contribution in [0.3, 0.4) is 0 Å². The zero-order chi connectivity index (χ0) is 18.6. The van der Waals surface area contributed by atoms with Gasteiger partial charge in [-0.25, -0.2) is 4.79 Å². The van der Waals surface area contributed by atoms with Crippen LogP contribution in [-0.2, 0) is 6.54 Å². The Kier molecular flexibility index (Phi) is 4.45. The van der Waals surface area contributed by atoms with Crippen LogP contribution >= 0.6 is 0 Å². The summed E-state index contributed by atoms with van der Waals surface area (Å²) in [5.41, 5.74) is 2.30. The Bertz CT molecular complexity index is 1170. The van der Waals surface area contributed by atoms with Crippen molar-refractivity contribution < 1.29 is 9.21 Å². The van der Waals surface area contributed by atoms with Crippen molar-refractivity contribution in [3.05, 3.63) is 94.7 Å². The number of nitrogens with zero attached hydrogens (tertiary/aromatic N) is 2. The molecule has 0 aliphatic carbocycles. The fourth-order valence-corrected chi connectivity index (χ4v) is 2.75. The van der Waals surface area contributed by atoms with Gasteiger partial charge in [0, 0.05) is 36.1 Å². The molecule has 0 saturated heterocycles. The fraction of sp³-hybridized carbons (Fsp3) is 0.0476. The number of nitrogens with one attached hydrogen (secondary N) is 1. The molecule has 6 nitrogen and oxygen atoms in total. The van der Waals surface area contributed by atoms with E-state index in [9.17, 15) is 9.59 Å². The monoisotopic (exact) mass is 357 g/mol. The number of benzene rings is 1. The number of aromatic nitrogens is 2. The van der Waals surface area contributed by atoms with E-state index < -0.39 is 11.5 Å². The highest BCUT2D eigenvalue weighted by atomic mass is 16.4. The minimum absolute atomic E-state index is 0.0183. The molecular formula is C21H15N3O3. The molecule has 132 valence electrons. The van der Waals surface area contributed by atoms with Crippen molar-refractivity contribution in [2.45, 2.75) is 6.54 Å². The summed E-state index contributed by atoms with van der Waals surface area (Å²) < 4.78 is 5.21. The van der Waals surface area contributed by atoms with Gasteiger partial charge in [0.15, 0.2) is 0 Å². The molecule has 1 amide bonds. The summed E-state index contributed by atoms with van der Waals surface area (Å²) in [5.74, 6) is -0.478. The van der Waals surface area contributed by atoms with Crippen LogP contribution in [-0.4, -0.2) is 15.9 Å². The van der Waals surface area contributed by atoms with Crippen LogP contribution < -0.4 is 10.9 Å². The summed E-state index contributed by atoms with van der Waals surface area (Å²) in [6.07, 6.45) is 5.10. The molecule has 0 bridgehead atoms. The lowest BCUT2D eigenvalue weighted by Crippen LogP contribution is -2.27. The number of fused-ring (bicyclic) bond motifs is 1. The molecule has 4 rings (SSSR count). The molecule has 1 aromatic carbocycles. The molecule has 6 heteroatoms. The minimum Gasteiger partial charge on any atom is -0.422 e. The lowest BCUT2D eigenvalue weighted by Gasteiger charge is -2.07. The first-order valence-corrected chi connectivity index (χ1v) is 8.37. The first kappa shape index (κ1) is 16.7. The molecule has 0 aliphatic rings. The number of carbonyl (C=O) groups is 1. The molecule has 0 fully saturated rings. The van der Waals surface area contributed by atoms with E-state index in [1.807, 2.05) is 30.3 Å². The lowest BCUT2D eigenvalue weighted by atomic mass is 10.1. The summed E-state index contributed by atoms with van der Waals surface area (Å²) in [7, 11) is 0. The van der Waals surface area contributed by atoms with E-state index in [4.69, 9.17) is 4.42 Å². The van der Waals surface area contributed by atoms with Crippen molar-refractivity contribution in [1.29, 1.82) is 0 Å². The average molecular weight is 357 g/mol. The Hall–Kier alpha value is -3.80. The maximum Gasteiger partial charge on any atom is 0.349 e. The molecule has 0 unspecified atom stereocenters. The van der Waals surface area contributed by atoms with Crippen LogP contribution in [0.5, 0.6) is 0 Å². The predicted octanol–water partition coefficient (Wildman–Crippen LogP) is 3.18. The number of pyridine rings is 2. The van der Waals surface area contributed by atoms with Gasteiger partial charge in [0.25, 0.3) is 5.91 Å². The molecule has 0 atom stereocenters. The molecule has 4 aromatic rings. The van der Waals surface area contributed by atoms with Gasteiger partial charge in [-0.15, -0.1) is 0 Å². The van der Waals surface area contributed by atoms with Crippen LogP contribution in [0.2, 0.25) is 0 Å². The second-order valence-electron chi connectivity index (χ2n) is 5.96. The Labute approximate surface area is 154 Å². The summed E-state index contributed by atoms with van der Waals surface area (Å²) >= 11 is 0. The first-order valence-electron chi connectivity index (χ1n) is 8.37. The molecule has 0 radical (unpaired) electrons. The van der Waals surface area contributed by atoms with Crippen molar-refractivity contribution >= 4 is 16.9 Å². The zero-order valence-electron chi connectivity index (χ0n) is 14.3. The smallest absolute Gasteiger partial charge is 0.349 e. The van der Waals surface area contributed by atoms with Gasteiger partial charge in [0.1, 0.15) is 11.1 Å². The highest BCUT2D eigenvalue weighted by Gasteiger charge is 2.13. The molecule has 3 aromatic heterocycles. The van der Waals surface area contributed by atoms with Gasteiger partial charge in [-0.2, -0.15) is 0 Å². The minimum atomic E-state index is -0.656. The number of carbonyl (C=O) groups excluding carboxylic acids is 1. The van der Waals surface area contributed by atoms with E-state index in [-0.39, 0.29) is 12.1 Å². The van der Waals surface area contributed by atoms with Crippen LogP contribution in [0.1, 0.15) is 15.9 Å². The molecular weight excluding hydrogens is 342 g/mol. The third kappa shape index (κ3) is 3.59. The Morgan fingerprint density at radius 2 is 1.93 bits per heavy atom. The maximum atomic E-state index is 12.4. The number of para-hydroxylation sites is 1. The molecule has 1 N–H and O–H groups in total. The topological polar surface area (TPSA) is 85.1 Å². The summed E-state index contributed by atoms with van der Waals surface area (Å²) in [4.78, 5) is 32.9. The highest BCUT2D eigenvalue weighted by molar-refractivity contribution is 5.96. The SMILES string of the molecule is O=C(NCc1ccnc(-c2cccnc2)c1)c1cc2ccccc2oc1=O. The van der Waals surface area contributed by atoms with Crippen LogP contribution in [0.4, 0.5) is 0 Å². The van der Waals surface area contributed by atoms with E-state index in [2.05, 4.69) is 15.3 Å². The lowest BCUT2D eigenvalue weighted by molar-refractivity contribution is 0.0947. The van der Waals surface area contributed by atoms with Crippen molar-refractivity contribution in [2.24, 2.45) is 0 Å². The third-order valence-corrected chi connectivity index (χ3v) is 4.12. The normalized spacial score (nSPS) is 10.7. The van der Waals surface area contributed by atoms with E-state index >= 15 is 0 Å². The van der Waals surface area contributed by atoms with Crippen molar-refractivity contribution in [2.75, 3.05) is 0 Å². The first-order chi connectivity index (χ1) is 13.2. The van der Waals surface area contributed by atoms with Crippen molar-refractivity contribution in [3.63, 3.8) is 0 Å². The molecule has 3 heterocycles. The van der Waals surface area contributed by atoms with Crippen LogP contribution in [0, 0.1) is 0 Å². The Morgan fingerprint density at radius 1 is 1.04 bits per heavy atom. The van der Waals surface area contributed by atoms with Gasteiger partial charge < -0.3 is 9.73 Å². The van der Waals surface area contributed by atoms with Crippen LogP contribution in [0.15, 0.2) is 82.4 Å². The average Bonchev–Trinajstić information content (AvgIpc) is 2.72. The summed E-state index contributed by atoms with van der Waals surface area (Å²) in [5, 5.41) is 3.46. The molecule has 0 spiro atoms. The second kappa shape index (κ2) is 7.21. The zero-order valence-corrected chi connectivity index (χ0v) is 14.3. The Balaban J connectivity index is 1.53. The summed E-state index contributed by atoms with van der Waals surface area (Å²) in [6.45, 7) is 0.265. The van der Waals surface area contributed by atoms with Gasteiger partial charge in [0.2, 0.25) is 0 Å². The van der Waals surface area contributed by atoms with Gasteiger partial charge in [-0.1, -0.05) is 18.2 Å². The molecule has 27 heavy (non-hydrogen) atoms. The van der Waals surface area contributed by atoms with E-state index in [1.165, 1.54) is 0 Å². The highest BCUT2D eigenvalue weighted by Crippen LogP contribution is 2.16. The van der Waals surface area contributed by atoms with E-state index in [1.54, 1.807) is 42.9 Å². The quantitative estimate of drug-likeness (QED) is 0.567. The number of amides is 1. The van der Waals surface area contributed by atoms with Gasteiger partial charge in [-0.3, -0.25) is 14.8 Å². The molecule has 0 aliphatic heterocycles. The standard InChI is InChI=1S/C21H15N3O3/c25-20(17-11-15-4-1-2-6-19(15)27-21(17)26)24-12-14-7-9-23-18(10-14)16-5-3-8-22-13-16/h1-11,13H,12H2,(H,24,25). The number of hydrogen-bond acceptors (Lipinski definition) is 5. The Morgan fingerprint density at radius 3 is 2.78 bits per heavy atom. The van der Waals surface area contributed by atoms with Gasteiger partial charge >= 0.3 is 5.63 Å². The van der Waals surface area contributed by atoms with Crippen molar-refractivity contribution in [1.82, 2.24) is 15.3 Å². The fourth-order valence-electron chi connectivity index (χ4n) is 2.75. The van der Waals surface area contributed by atoms with Gasteiger partial charge in [0.05, 0.1) is 5.69 Å². The van der Waals surface area contributed by atoms with Crippen LogP contribution in [0.25, 0.3) is 22.2 Å². The van der Waals surface area contributed by atoms with E-state index in [0.717, 1.165) is 16.8 Å². The maximum absolute atomic E-state index is 12.4. The molecule has 0 saturated carbocycles. The second-order valence-corrected chi connectivity index (χ2v) is 5.96. The third-order valence-electron chi connectivity index (χ3n) is 4.12. The number of rotatable bonds is 4. The van der Waals surface area contributed by atoms with Gasteiger partial charge in [-0.05, 0) is 42.0 Å². The summed E-state index contributed by atoms with van der Waals surface area (Å²) in [6, 6.07) is 16.1. The number of hydrogen-bond donors (Lipinski definition) is 1. The predicted molar refractivity (Wildman–Crippen MR) is 101 cm³/mol.